The van der Waals surface area contributed by atoms with Crippen molar-refractivity contribution >= 4 is 0 Å². The lowest BCUT2D eigenvalue weighted by atomic mass is 9.90. The fourth-order valence-electron chi connectivity index (χ4n) is 1.80. The van der Waals surface area contributed by atoms with E-state index < -0.39 is 0 Å². The van der Waals surface area contributed by atoms with E-state index in [0.29, 0.717) is 5.92 Å². The van der Waals surface area contributed by atoms with Gasteiger partial charge in [0.05, 0.1) is 0 Å². The summed E-state index contributed by atoms with van der Waals surface area (Å²) in [6.45, 7) is 9.12. The van der Waals surface area contributed by atoms with E-state index in [1.165, 1.54) is 12.0 Å². The van der Waals surface area contributed by atoms with E-state index in [4.69, 9.17) is 0 Å². The van der Waals surface area contributed by atoms with Crippen molar-refractivity contribution in [2.45, 2.75) is 33.6 Å². The number of nitrogens with zero attached hydrogens (tertiary/aromatic N) is 1. The normalized spacial score (nSPS) is 14.7. The number of hydrogen-bond donors (Lipinski definition) is 1. The summed E-state index contributed by atoms with van der Waals surface area (Å²) in [6.07, 6.45) is 6.12. The molecule has 1 heterocycles. The van der Waals surface area contributed by atoms with Crippen LogP contribution >= 0.6 is 0 Å². The minimum Gasteiger partial charge on any atom is -0.316 e. The van der Waals surface area contributed by atoms with Crippen LogP contribution in [0.1, 0.15) is 32.8 Å². The van der Waals surface area contributed by atoms with Crippen LogP contribution in [0.4, 0.5) is 0 Å². The van der Waals surface area contributed by atoms with Crippen LogP contribution in [0.2, 0.25) is 0 Å². The van der Waals surface area contributed by atoms with Crippen molar-refractivity contribution in [3.05, 3.63) is 30.1 Å². The number of nitrogens with one attached hydrogen (secondary N) is 1. The maximum absolute atomic E-state index is 4.05. The quantitative estimate of drug-likeness (QED) is 0.715. The third-order valence-electron chi connectivity index (χ3n) is 3.17. The van der Waals surface area contributed by atoms with Gasteiger partial charge in [-0.2, -0.15) is 0 Å². The van der Waals surface area contributed by atoms with Gasteiger partial charge < -0.3 is 5.32 Å². The van der Waals surface area contributed by atoms with Crippen LogP contribution < -0.4 is 5.32 Å². The van der Waals surface area contributed by atoms with E-state index in [1.54, 1.807) is 0 Å². The molecule has 0 aliphatic carbocycles. The second-order valence-electron chi connectivity index (χ2n) is 4.72. The topological polar surface area (TPSA) is 24.9 Å². The molecule has 1 aromatic rings. The molecule has 1 aromatic heterocycles. The predicted octanol–water partition coefficient (Wildman–Crippen LogP) is 2.90. The first-order chi connectivity index (χ1) is 7.74. The van der Waals surface area contributed by atoms with Crippen molar-refractivity contribution in [1.82, 2.24) is 10.3 Å². The Morgan fingerprint density at radius 2 is 1.88 bits per heavy atom. The monoisotopic (exact) mass is 220 g/mol. The maximum atomic E-state index is 4.05. The van der Waals surface area contributed by atoms with Crippen molar-refractivity contribution < 1.29 is 0 Å². The van der Waals surface area contributed by atoms with E-state index in [2.05, 4.69) is 43.2 Å². The number of rotatable bonds is 7. The molecule has 0 spiro atoms. The van der Waals surface area contributed by atoms with Gasteiger partial charge in [-0.05, 0) is 55.5 Å². The van der Waals surface area contributed by atoms with Crippen molar-refractivity contribution in [3.63, 3.8) is 0 Å². The minimum atomic E-state index is 0.715. The zero-order valence-electron chi connectivity index (χ0n) is 10.7. The smallest absolute Gasteiger partial charge is 0.0270 e. The van der Waals surface area contributed by atoms with E-state index >= 15 is 0 Å². The largest absolute Gasteiger partial charge is 0.316 e. The first-order valence-corrected chi connectivity index (χ1v) is 6.33. The van der Waals surface area contributed by atoms with Gasteiger partial charge in [0.15, 0.2) is 0 Å². The molecule has 0 aliphatic rings. The van der Waals surface area contributed by atoms with Crippen LogP contribution in [-0.4, -0.2) is 18.1 Å². The highest BCUT2D eigenvalue weighted by Gasteiger charge is 2.12. The van der Waals surface area contributed by atoms with E-state index in [1.807, 2.05) is 12.4 Å². The zero-order chi connectivity index (χ0) is 11.8. The molecule has 0 aromatic carbocycles. The van der Waals surface area contributed by atoms with Crippen LogP contribution in [0, 0.1) is 11.8 Å². The zero-order valence-corrected chi connectivity index (χ0v) is 10.7. The SMILES string of the molecule is CCCNCC(C)C(C)Cc1ccncc1. The fraction of sp³-hybridized carbons (Fsp3) is 0.643. The fourth-order valence-corrected chi connectivity index (χ4v) is 1.80. The van der Waals surface area contributed by atoms with Crippen molar-refractivity contribution in [2.24, 2.45) is 11.8 Å². The minimum absolute atomic E-state index is 0.715. The summed E-state index contributed by atoms with van der Waals surface area (Å²) >= 11 is 0. The summed E-state index contributed by atoms with van der Waals surface area (Å²) in [5.41, 5.74) is 1.39. The summed E-state index contributed by atoms with van der Waals surface area (Å²) in [4.78, 5) is 4.05. The van der Waals surface area contributed by atoms with Gasteiger partial charge in [-0.15, -0.1) is 0 Å². The number of aromatic nitrogens is 1. The highest BCUT2D eigenvalue weighted by molar-refractivity contribution is 5.10. The lowest BCUT2D eigenvalue weighted by Gasteiger charge is -2.20. The highest BCUT2D eigenvalue weighted by atomic mass is 14.8. The van der Waals surface area contributed by atoms with Crippen molar-refractivity contribution in [1.29, 1.82) is 0 Å². The molecule has 0 saturated carbocycles. The van der Waals surface area contributed by atoms with Gasteiger partial charge in [0.1, 0.15) is 0 Å². The predicted molar refractivity (Wildman–Crippen MR) is 69.4 cm³/mol. The van der Waals surface area contributed by atoms with E-state index in [-0.39, 0.29) is 0 Å². The Hall–Kier alpha value is -0.890. The molecule has 0 fully saturated rings. The maximum Gasteiger partial charge on any atom is 0.0270 e. The number of pyridine rings is 1. The van der Waals surface area contributed by atoms with Gasteiger partial charge in [-0.25, -0.2) is 0 Å². The third kappa shape index (κ3) is 4.75. The van der Waals surface area contributed by atoms with Gasteiger partial charge in [0.2, 0.25) is 0 Å². The first-order valence-electron chi connectivity index (χ1n) is 6.33. The summed E-state index contributed by atoms with van der Waals surface area (Å²) in [5, 5.41) is 3.49. The second kappa shape index (κ2) is 7.39. The Morgan fingerprint density at radius 3 is 2.50 bits per heavy atom. The molecule has 2 atom stereocenters. The van der Waals surface area contributed by atoms with Gasteiger partial charge in [-0.3, -0.25) is 4.98 Å². The molecule has 2 unspecified atom stereocenters. The molecule has 2 heteroatoms. The van der Waals surface area contributed by atoms with Crippen molar-refractivity contribution in [2.75, 3.05) is 13.1 Å². The lowest BCUT2D eigenvalue weighted by molar-refractivity contribution is 0.365. The van der Waals surface area contributed by atoms with Crippen LogP contribution in [0.25, 0.3) is 0 Å². The van der Waals surface area contributed by atoms with Crippen LogP contribution in [0.3, 0.4) is 0 Å². The average Bonchev–Trinajstić information content (AvgIpc) is 2.30. The average molecular weight is 220 g/mol. The molecule has 0 amide bonds. The van der Waals surface area contributed by atoms with Gasteiger partial charge in [-0.1, -0.05) is 20.8 Å². The molecule has 16 heavy (non-hydrogen) atoms. The van der Waals surface area contributed by atoms with Crippen molar-refractivity contribution in [3.8, 4) is 0 Å². The Balaban J connectivity index is 2.31. The molecule has 2 nitrogen and oxygen atoms in total. The van der Waals surface area contributed by atoms with Crippen LogP contribution in [-0.2, 0) is 6.42 Å². The van der Waals surface area contributed by atoms with E-state index in [9.17, 15) is 0 Å². The van der Waals surface area contributed by atoms with Crippen LogP contribution in [0.15, 0.2) is 24.5 Å². The molecule has 0 saturated heterocycles. The first kappa shape index (κ1) is 13.2. The lowest BCUT2D eigenvalue weighted by Crippen LogP contribution is -2.26. The molecular formula is C14H24N2. The highest BCUT2D eigenvalue weighted by Crippen LogP contribution is 2.15. The molecule has 0 bridgehead atoms. The summed E-state index contributed by atoms with van der Waals surface area (Å²) in [6, 6.07) is 4.23. The van der Waals surface area contributed by atoms with Gasteiger partial charge in [0.25, 0.3) is 0 Å². The number of hydrogen-bond acceptors (Lipinski definition) is 2. The molecular weight excluding hydrogens is 196 g/mol. The molecule has 0 radical (unpaired) electrons. The Kier molecular flexibility index (Phi) is 6.09. The molecule has 1 N–H and O–H groups in total. The van der Waals surface area contributed by atoms with Gasteiger partial charge in [0, 0.05) is 12.4 Å². The van der Waals surface area contributed by atoms with Gasteiger partial charge >= 0.3 is 0 Å². The second-order valence-corrected chi connectivity index (χ2v) is 4.72. The Labute approximate surface area is 99.5 Å². The van der Waals surface area contributed by atoms with E-state index in [0.717, 1.165) is 25.4 Å². The molecule has 90 valence electrons. The standard InChI is InChI=1S/C14H24N2/c1-4-7-16-11-13(3)12(2)10-14-5-8-15-9-6-14/h5-6,8-9,12-13,16H,4,7,10-11H2,1-3H3. The summed E-state index contributed by atoms with van der Waals surface area (Å²) in [5.74, 6) is 1.44. The van der Waals surface area contributed by atoms with Crippen LogP contribution in [0.5, 0.6) is 0 Å². The third-order valence-corrected chi connectivity index (χ3v) is 3.17. The Bertz CT molecular complexity index is 271. The summed E-state index contributed by atoms with van der Waals surface area (Å²) in [7, 11) is 0. The summed E-state index contributed by atoms with van der Waals surface area (Å²) < 4.78 is 0. The Morgan fingerprint density at radius 1 is 1.19 bits per heavy atom. The molecule has 0 aliphatic heterocycles. The molecule has 1 rings (SSSR count).